The molecule has 1 aromatic heterocycles. The molecule has 0 spiro atoms. The van der Waals surface area contributed by atoms with Crippen LogP contribution in [-0.4, -0.2) is 7.11 Å². The molecule has 2 aromatic carbocycles. The Morgan fingerprint density at radius 1 is 0.960 bits per heavy atom. The minimum atomic E-state index is 0.462. The number of hydrogen-bond donors (Lipinski definition) is 1. The number of furan rings is 1. The highest BCUT2D eigenvalue weighted by Crippen LogP contribution is 2.29. The molecule has 0 saturated heterocycles. The number of benzene rings is 2. The summed E-state index contributed by atoms with van der Waals surface area (Å²) in [7, 11) is 1.64. The molecule has 0 amide bonds. The van der Waals surface area contributed by atoms with Gasteiger partial charge in [0.2, 0.25) is 0 Å². The Bertz CT molecular complexity index is 785. The fourth-order valence-corrected chi connectivity index (χ4v) is 2.55. The smallest absolute Gasteiger partial charge is 0.161 e. The van der Waals surface area contributed by atoms with Crippen LogP contribution in [0.1, 0.15) is 16.9 Å². The van der Waals surface area contributed by atoms with E-state index in [1.807, 2.05) is 54.6 Å². The Labute approximate surface area is 152 Å². The fraction of sp³-hybridized carbons (Fsp3) is 0.200. The third-order valence-corrected chi connectivity index (χ3v) is 4.00. The standard InChI is InChI=1S/C20H20ClNO3/c1-23-20-11-16(12-22-13-18-3-2-10-24-18)6-9-19(20)25-14-15-4-7-17(21)8-5-15/h2-11,22H,12-14H2,1H3. The molecule has 0 atom stereocenters. The minimum absolute atomic E-state index is 0.462. The zero-order valence-corrected chi connectivity index (χ0v) is 14.8. The van der Waals surface area contributed by atoms with E-state index in [2.05, 4.69) is 5.32 Å². The first-order valence-corrected chi connectivity index (χ1v) is 8.39. The Morgan fingerprint density at radius 2 is 1.76 bits per heavy atom. The van der Waals surface area contributed by atoms with Gasteiger partial charge in [0.1, 0.15) is 12.4 Å². The molecule has 0 fully saturated rings. The largest absolute Gasteiger partial charge is 0.493 e. The molecule has 5 heteroatoms. The Balaban J connectivity index is 1.57. The van der Waals surface area contributed by atoms with Crippen LogP contribution in [0, 0.1) is 0 Å². The number of nitrogens with one attached hydrogen (secondary N) is 1. The van der Waals surface area contributed by atoms with Crippen molar-refractivity contribution in [2.75, 3.05) is 7.11 Å². The molecular formula is C20H20ClNO3. The van der Waals surface area contributed by atoms with Crippen molar-refractivity contribution in [1.29, 1.82) is 0 Å². The third kappa shape index (κ3) is 5.02. The summed E-state index contributed by atoms with van der Waals surface area (Å²) >= 11 is 5.90. The molecule has 0 aliphatic heterocycles. The maximum atomic E-state index is 5.90. The maximum Gasteiger partial charge on any atom is 0.161 e. The molecule has 1 N–H and O–H groups in total. The van der Waals surface area contributed by atoms with Crippen LogP contribution in [0.25, 0.3) is 0 Å². The summed E-state index contributed by atoms with van der Waals surface area (Å²) in [5.41, 5.74) is 2.16. The van der Waals surface area contributed by atoms with Crippen LogP contribution in [0.3, 0.4) is 0 Å². The highest BCUT2D eigenvalue weighted by atomic mass is 35.5. The number of methoxy groups -OCH3 is 1. The lowest BCUT2D eigenvalue weighted by molar-refractivity contribution is 0.284. The first kappa shape index (κ1) is 17.4. The summed E-state index contributed by atoms with van der Waals surface area (Å²) in [6.07, 6.45) is 1.67. The average Bonchev–Trinajstić information content (AvgIpc) is 3.15. The van der Waals surface area contributed by atoms with Gasteiger partial charge in [0.25, 0.3) is 0 Å². The molecule has 0 saturated carbocycles. The molecule has 130 valence electrons. The molecule has 0 radical (unpaired) electrons. The van der Waals surface area contributed by atoms with Crippen molar-refractivity contribution in [2.24, 2.45) is 0 Å². The van der Waals surface area contributed by atoms with Gasteiger partial charge in [-0.1, -0.05) is 29.8 Å². The van der Waals surface area contributed by atoms with Gasteiger partial charge in [0.15, 0.2) is 11.5 Å². The second-order valence-electron chi connectivity index (χ2n) is 5.58. The summed E-state index contributed by atoms with van der Waals surface area (Å²) in [5.74, 6) is 2.34. The van der Waals surface area contributed by atoms with Crippen molar-refractivity contribution in [1.82, 2.24) is 5.32 Å². The topological polar surface area (TPSA) is 43.6 Å². The normalized spacial score (nSPS) is 10.6. The van der Waals surface area contributed by atoms with E-state index in [9.17, 15) is 0 Å². The van der Waals surface area contributed by atoms with Gasteiger partial charge in [-0.2, -0.15) is 0 Å². The van der Waals surface area contributed by atoms with Crippen LogP contribution in [0.4, 0.5) is 0 Å². The number of rotatable bonds is 8. The van der Waals surface area contributed by atoms with E-state index in [1.54, 1.807) is 13.4 Å². The molecule has 0 bridgehead atoms. The highest BCUT2D eigenvalue weighted by molar-refractivity contribution is 6.30. The Kier molecular flexibility index (Phi) is 5.99. The monoisotopic (exact) mass is 357 g/mol. The maximum absolute atomic E-state index is 5.90. The first-order valence-electron chi connectivity index (χ1n) is 8.02. The van der Waals surface area contributed by atoms with E-state index in [1.165, 1.54) is 0 Å². The van der Waals surface area contributed by atoms with E-state index in [0.717, 1.165) is 16.9 Å². The van der Waals surface area contributed by atoms with Crippen molar-refractivity contribution < 1.29 is 13.9 Å². The molecule has 0 aliphatic carbocycles. The Hall–Kier alpha value is -2.43. The first-order chi connectivity index (χ1) is 12.2. The molecular weight excluding hydrogens is 338 g/mol. The van der Waals surface area contributed by atoms with Gasteiger partial charge in [-0.05, 0) is 47.5 Å². The molecule has 3 rings (SSSR count). The van der Waals surface area contributed by atoms with E-state index >= 15 is 0 Å². The van der Waals surface area contributed by atoms with E-state index < -0.39 is 0 Å². The quantitative estimate of drug-likeness (QED) is 0.628. The highest BCUT2D eigenvalue weighted by Gasteiger charge is 2.07. The summed E-state index contributed by atoms with van der Waals surface area (Å²) in [6, 6.07) is 17.4. The zero-order chi connectivity index (χ0) is 17.5. The van der Waals surface area contributed by atoms with Crippen molar-refractivity contribution in [3.05, 3.63) is 82.8 Å². The van der Waals surface area contributed by atoms with Gasteiger partial charge in [-0.3, -0.25) is 0 Å². The SMILES string of the molecule is COc1cc(CNCc2ccco2)ccc1OCc1ccc(Cl)cc1. The average molecular weight is 358 g/mol. The van der Waals surface area contributed by atoms with Gasteiger partial charge in [-0.25, -0.2) is 0 Å². The minimum Gasteiger partial charge on any atom is -0.493 e. The molecule has 3 aromatic rings. The van der Waals surface area contributed by atoms with Gasteiger partial charge in [-0.15, -0.1) is 0 Å². The van der Waals surface area contributed by atoms with Crippen LogP contribution in [-0.2, 0) is 19.7 Å². The van der Waals surface area contributed by atoms with E-state index in [0.29, 0.717) is 36.2 Å². The summed E-state index contributed by atoms with van der Waals surface area (Å²) in [6.45, 7) is 1.86. The molecule has 4 nitrogen and oxygen atoms in total. The van der Waals surface area contributed by atoms with E-state index in [4.69, 9.17) is 25.5 Å². The van der Waals surface area contributed by atoms with Crippen LogP contribution < -0.4 is 14.8 Å². The predicted octanol–water partition coefficient (Wildman–Crippen LogP) is 4.81. The fourth-order valence-electron chi connectivity index (χ4n) is 2.43. The van der Waals surface area contributed by atoms with Crippen molar-refractivity contribution in [3.63, 3.8) is 0 Å². The van der Waals surface area contributed by atoms with Crippen LogP contribution in [0.2, 0.25) is 5.02 Å². The number of halogens is 1. The molecule has 0 unspecified atom stereocenters. The van der Waals surface area contributed by atoms with Crippen molar-refractivity contribution >= 4 is 11.6 Å². The van der Waals surface area contributed by atoms with E-state index in [-0.39, 0.29) is 0 Å². The van der Waals surface area contributed by atoms with Crippen LogP contribution in [0.15, 0.2) is 65.3 Å². The number of ether oxygens (including phenoxy) is 2. The van der Waals surface area contributed by atoms with Crippen LogP contribution >= 0.6 is 11.6 Å². The lowest BCUT2D eigenvalue weighted by Gasteiger charge is -2.13. The van der Waals surface area contributed by atoms with Crippen LogP contribution in [0.5, 0.6) is 11.5 Å². The molecule has 1 heterocycles. The van der Waals surface area contributed by atoms with Gasteiger partial charge in [0.05, 0.1) is 19.9 Å². The number of hydrogen-bond acceptors (Lipinski definition) is 4. The van der Waals surface area contributed by atoms with Gasteiger partial charge in [0, 0.05) is 11.6 Å². The predicted molar refractivity (Wildman–Crippen MR) is 98.0 cm³/mol. The molecule has 25 heavy (non-hydrogen) atoms. The van der Waals surface area contributed by atoms with Crippen molar-refractivity contribution in [3.8, 4) is 11.5 Å². The second-order valence-corrected chi connectivity index (χ2v) is 6.02. The lowest BCUT2D eigenvalue weighted by atomic mass is 10.2. The summed E-state index contributed by atoms with van der Waals surface area (Å²) in [5, 5.41) is 4.05. The van der Waals surface area contributed by atoms with Gasteiger partial charge < -0.3 is 19.2 Å². The lowest BCUT2D eigenvalue weighted by Crippen LogP contribution is -2.12. The summed E-state index contributed by atoms with van der Waals surface area (Å²) < 4.78 is 16.6. The third-order valence-electron chi connectivity index (χ3n) is 3.74. The van der Waals surface area contributed by atoms with Crippen molar-refractivity contribution in [2.45, 2.75) is 19.7 Å². The second kappa shape index (κ2) is 8.60. The summed E-state index contributed by atoms with van der Waals surface area (Å²) in [4.78, 5) is 0. The Morgan fingerprint density at radius 3 is 2.48 bits per heavy atom. The van der Waals surface area contributed by atoms with Gasteiger partial charge >= 0.3 is 0 Å². The molecule has 0 aliphatic rings. The zero-order valence-electron chi connectivity index (χ0n) is 14.0.